The molecule has 1 aromatic heterocycles. The second-order valence-corrected chi connectivity index (χ2v) is 4.94. The van der Waals surface area contributed by atoms with Gasteiger partial charge in [-0.25, -0.2) is 0 Å². The highest BCUT2D eigenvalue weighted by Crippen LogP contribution is 2.37. The Balaban J connectivity index is 1.95. The molecule has 3 heterocycles. The Morgan fingerprint density at radius 3 is 3.11 bits per heavy atom. The summed E-state index contributed by atoms with van der Waals surface area (Å²) in [5, 5.41) is 3.47. The molecule has 0 bridgehead atoms. The summed E-state index contributed by atoms with van der Waals surface area (Å²) in [5.74, 6) is 0. The standard InChI is InChI=1S/C15H15N3/c1-2-5-12-11(4-1)8-13-14(6-3-7-17-13)18-10-16-9-15(12)18/h1-7,15-16H,8-10H2. The van der Waals surface area contributed by atoms with Crippen molar-refractivity contribution in [2.24, 2.45) is 0 Å². The van der Waals surface area contributed by atoms with Crippen molar-refractivity contribution in [3.8, 4) is 0 Å². The summed E-state index contributed by atoms with van der Waals surface area (Å²) in [4.78, 5) is 7.01. The maximum Gasteiger partial charge on any atom is 0.0690 e. The molecule has 0 saturated carbocycles. The van der Waals surface area contributed by atoms with E-state index < -0.39 is 0 Å². The van der Waals surface area contributed by atoms with Crippen molar-refractivity contribution in [1.29, 1.82) is 0 Å². The Hall–Kier alpha value is -1.87. The van der Waals surface area contributed by atoms with Crippen LogP contribution in [0.2, 0.25) is 0 Å². The molecular formula is C15H15N3. The second kappa shape index (κ2) is 3.82. The minimum Gasteiger partial charge on any atom is -0.349 e. The zero-order valence-corrected chi connectivity index (χ0v) is 10.1. The zero-order valence-electron chi connectivity index (χ0n) is 10.1. The van der Waals surface area contributed by atoms with Crippen molar-refractivity contribution in [2.45, 2.75) is 12.5 Å². The van der Waals surface area contributed by atoms with E-state index in [9.17, 15) is 0 Å². The number of pyridine rings is 1. The van der Waals surface area contributed by atoms with Crippen molar-refractivity contribution in [3.05, 3.63) is 59.4 Å². The minimum absolute atomic E-state index is 0.451. The number of aromatic nitrogens is 1. The average molecular weight is 237 g/mol. The van der Waals surface area contributed by atoms with Crippen LogP contribution < -0.4 is 10.2 Å². The van der Waals surface area contributed by atoms with E-state index >= 15 is 0 Å². The topological polar surface area (TPSA) is 28.2 Å². The van der Waals surface area contributed by atoms with Gasteiger partial charge in [0.05, 0.1) is 24.1 Å². The van der Waals surface area contributed by atoms with E-state index in [0.29, 0.717) is 6.04 Å². The van der Waals surface area contributed by atoms with Crippen LogP contribution in [0.15, 0.2) is 42.6 Å². The monoisotopic (exact) mass is 237 g/mol. The molecule has 4 rings (SSSR count). The van der Waals surface area contributed by atoms with Gasteiger partial charge in [0.2, 0.25) is 0 Å². The molecule has 3 heteroatoms. The molecule has 18 heavy (non-hydrogen) atoms. The molecule has 0 spiro atoms. The second-order valence-electron chi connectivity index (χ2n) is 4.94. The van der Waals surface area contributed by atoms with Gasteiger partial charge in [-0.1, -0.05) is 24.3 Å². The predicted molar refractivity (Wildman–Crippen MR) is 71.6 cm³/mol. The first-order valence-corrected chi connectivity index (χ1v) is 6.42. The van der Waals surface area contributed by atoms with Gasteiger partial charge in [-0.2, -0.15) is 0 Å². The van der Waals surface area contributed by atoms with Crippen molar-refractivity contribution >= 4 is 5.69 Å². The third-order valence-electron chi connectivity index (χ3n) is 3.94. The minimum atomic E-state index is 0.451. The lowest BCUT2D eigenvalue weighted by molar-refractivity contribution is 0.754. The Bertz CT molecular complexity index is 542. The quantitative estimate of drug-likeness (QED) is 0.760. The lowest BCUT2D eigenvalue weighted by atomic mass is 9.99. The van der Waals surface area contributed by atoms with Crippen LogP contribution >= 0.6 is 0 Å². The van der Waals surface area contributed by atoms with Gasteiger partial charge in [-0.3, -0.25) is 10.3 Å². The van der Waals surface area contributed by atoms with Crippen LogP contribution in [0.4, 0.5) is 5.69 Å². The average Bonchev–Trinajstić information content (AvgIpc) is 2.84. The lowest BCUT2D eigenvalue weighted by Crippen LogP contribution is -2.24. The largest absolute Gasteiger partial charge is 0.349 e. The zero-order chi connectivity index (χ0) is 11.9. The molecule has 0 amide bonds. The molecular weight excluding hydrogens is 222 g/mol. The van der Waals surface area contributed by atoms with Gasteiger partial charge in [0.1, 0.15) is 0 Å². The Morgan fingerprint density at radius 1 is 1.17 bits per heavy atom. The molecule has 2 aliphatic heterocycles. The number of fused-ring (bicyclic) bond motifs is 5. The Morgan fingerprint density at radius 2 is 2.11 bits per heavy atom. The van der Waals surface area contributed by atoms with Crippen molar-refractivity contribution in [1.82, 2.24) is 10.3 Å². The molecule has 1 atom stereocenters. The fourth-order valence-electron chi connectivity index (χ4n) is 3.10. The number of nitrogens with one attached hydrogen (secondary N) is 1. The maximum atomic E-state index is 4.57. The Labute approximate surface area is 106 Å². The number of hydrogen-bond donors (Lipinski definition) is 1. The number of benzene rings is 1. The third-order valence-corrected chi connectivity index (χ3v) is 3.94. The van der Waals surface area contributed by atoms with Crippen LogP contribution in [0.25, 0.3) is 0 Å². The summed E-state index contributed by atoms with van der Waals surface area (Å²) in [6, 6.07) is 13.4. The van der Waals surface area contributed by atoms with Gasteiger partial charge in [0, 0.05) is 19.2 Å². The maximum absolute atomic E-state index is 4.57. The molecule has 1 aromatic carbocycles. The molecule has 0 aliphatic carbocycles. The summed E-state index contributed by atoms with van der Waals surface area (Å²) in [7, 11) is 0. The first-order chi connectivity index (χ1) is 8.93. The molecule has 2 aliphatic rings. The summed E-state index contributed by atoms with van der Waals surface area (Å²) < 4.78 is 0. The molecule has 1 unspecified atom stereocenters. The van der Waals surface area contributed by atoms with E-state index in [1.54, 1.807) is 0 Å². The number of anilines is 1. The summed E-state index contributed by atoms with van der Waals surface area (Å²) >= 11 is 0. The highest BCUT2D eigenvalue weighted by molar-refractivity contribution is 5.58. The van der Waals surface area contributed by atoms with Crippen molar-refractivity contribution in [3.63, 3.8) is 0 Å². The van der Waals surface area contributed by atoms with E-state index in [-0.39, 0.29) is 0 Å². The fourth-order valence-corrected chi connectivity index (χ4v) is 3.10. The van der Waals surface area contributed by atoms with E-state index in [1.807, 2.05) is 12.3 Å². The molecule has 90 valence electrons. The highest BCUT2D eigenvalue weighted by atomic mass is 15.3. The smallest absolute Gasteiger partial charge is 0.0690 e. The number of hydrogen-bond acceptors (Lipinski definition) is 3. The van der Waals surface area contributed by atoms with Crippen LogP contribution in [-0.4, -0.2) is 18.2 Å². The summed E-state index contributed by atoms with van der Waals surface area (Å²) in [6.45, 7) is 1.93. The van der Waals surface area contributed by atoms with Crippen LogP contribution in [0.3, 0.4) is 0 Å². The summed E-state index contributed by atoms with van der Waals surface area (Å²) in [6.07, 6.45) is 2.84. The third kappa shape index (κ3) is 1.37. The van der Waals surface area contributed by atoms with Crippen molar-refractivity contribution < 1.29 is 0 Å². The van der Waals surface area contributed by atoms with Gasteiger partial charge in [0.15, 0.2) is 0 Å². The number of rotatable bonds is 0. The van der Waals surface area contributed by atoms with E-state index in [1.165, 1.54) is 22.5 Å². The SMILES string of the molecule is c1ccc2c(c1)Cc1ncccc1N1CNCC21. The summed E-state index contributed by atoms with van der Waals surface area (Å²) in [5.41, 5.74) is 5.33. The van der Waals surface area contributed by atoms with Crippen LogP contribution in [0.5, 0.6) is 0 Å². The molecule has 1 N–H and O–H groups in total. The lowest BCUT2D eigenvalue weighted by Gasteiger charge is -2.25. The van der Waals surface area contributed by atoms with E-state index in [4.69, 9.17) is 0 Å². The van der Waals surface area contributed by atoms with E-state index in [2.05, 4.69) is 45.5 Å². The Kier molecular flexibility index (Phi) is 2.14. The molecule has 0 radical (unpaired) electrons. The predicted octanol–water partition coefficient (Wildman–Crippen LogP) is 2.09. The first kappa shape index (κ1) is 10.1. The normalized spacial score (nSPS) is 20.9. The van der Waals surface area contributed by atoms with Crippen molar-refractivity contribution in [2.75, 3.05) is 18.1 Å². The van der Waals surface area contributed by atoms with Crippen LogP contribution in [-0.2, 0) is 6.42 Å². The highest BCUT2D eigenvalue weighted by Gasteiger charge is 2.31. The molecule has 2 aromatic rings. The van der Waals surface area contributed by atoms with Gasteiger partial charge in [-0.15, -0.1) is 0 Å². The van der Waals surface area contributed by atoms with Gasteiger partial charge >= 0.3 is 0 Å². The molecule has 1 saturated heterocycles. The van der Waals surface area contributed by atoms with Crippen LogP contribution in [0, 0.1) is 0 Å². The molecule has 3 nitrogen and oxygen atoms in total. The molecule has 1 fully saturated rings. The fraction of sp³-hybridized carbons (Fsp3) is 0.267. The van der Waals surface area contributed by atoms with Gasteiger partial charge < -0.3 is 4.90 Å². The number of nitrogens with zero attached hydrogens (tertiary/aromatic N) is 2. The van der Waals surface area contributed by atoms with Gasteiger partial charge in [-0.05, 0) is 23.3 Å². The van der Waals surface area contributed by atoms with Crippen LogP contribution in [0.1, 0.15) is 22.9 Å². The first-order valence-electron chi connectivity index (χ1n) is 6.42. The van der Waals surface area contributed by atoms with E-state index in [0.717, 1.165) is 19.6 Å². The van der Waals surface area contributed by atoms with Gasteiger partial charge in [0.25, 0.3) is 0 Å².